The van der Waals surface area contributed by atoms with Crippen LogP contribution in [0.4, 0.5) is 5.69 Å². The van der Waals surface area contributed by atoms with Gasteiger partial charge in [-0.3, -0.25) is 10.1 Å². The lowest BCUT2D eigenvalue weighted by molar-refractivity contribution is -0.384. The van der Waals surface area contributed by atoms with Crippen molar-refractivity contribution in [2.45, 2.75) is 45.1 Å². The minimum Gasteiger partial charge on any atom is -0.314 e. The summed E-state index contributed by atoms with van der Waals surface area (Å²) in [6.45, 7) is 3.18. The van der Waals surface area contributed by atoms with E-state index in [2.05, 4.69) is 12.2 Å². The second kappa shape index (κ2) is 6.66. The molecule has 19 heavy (non-hydrogen) atoms. The number of hydrogen-bond acceptors (Lipinski definition) is 3. The molecule has 0 aromatic heterocycles. The third-order valence-corrected chi connectivity index (χ3v) is 3.80. The zero-order valence-corrected chi connectivity index (χ0v) is 11.5. The molecule has 1 aromatic rings. The van der Waals surface area contributed by atoms with Crippen LogP contribution in [0, 0.1) is 16.0 Å². The maximum atomic E-state index is 10.6. The number of nitrogens with zero attached hydrogens (tertiary/aromatic N) is 1. The molecular formula is C15H22N2O2. The van der Waals surface area contributed by atoms with E-state index in [0.29, 0.717) is 6.04 Å². The van der Waals surface area contributed by atoms with Gasteiger partial charge in [0.15, 0.2) is 0 Å². The molecule has 1 unspecified atom stereocenters. The minimum absolute atomic E-state index is 0.164. The number of non-ortho nitro benzene ring substituents is 1. The average molecular weight is 262 g/mol. The topological polar surface area (TPSA) is 55.2 Å². The lowest BCUT2D eigenvalue weighted by Gasteiger charge is -2.16. The number of nitrogens with one attached hydrogen (secondary N) is 1. The molecule has 104 valence electrons. The summed E-state index contributed by atoms with van der Waals surface area (Å²) in [5.41, 5.74) is 1.32. The molecule has 4 nitrogen and oxygen atoms in total. The fourth-order valence-corrected chi connectivity index (χ4v) is 2.36. The van der Waals surface area contributed by atoms with Gasteiger partial charge in [-0.25, -0.2) is 0 Å². The van der Waals surface area contributed by atoms with Gasteiger partial charge >= 0.3 is 0 Å². The average Bonchev–Trinajstić information content (AvgIpc) is 3.22. The van der Waals surface area contributed by atoms with Gasteiger partial charge in [0.1, 0.15) is 0 Å². The van der Waals surface area contributed by atoms with E-state index in [4.69, 9.17) is 0 Å². The number of nitro groups is 1. The molecule has 0 aliphatic heterocycles. The van der Waals surface area contributed by atoms with Crippen molar-refractivity contribution in [2.24, 2.45) is 5.92 Å². The van der Waals surface area contributed by atoms with Gasteiger partial charge in [-0.15, -0.1) is 0 Å². The second-order valence-electron chi connectivity index (χ2n) is 5.41. The zero-order chi connectivity index (χ0) is 13.7. The summed E-state index contributed by atoms with van der Waals surface area (Å²) in [6.07, 6.45) is 6.22. The largest absolute Gasteiger partial charge is 0.314 e. The van der Waals surface area contributed by atoms with Crippen molar-refractivity contribution in [3.05, 3.63) is 39.9 Å². The normalized spacial score (nSPS) is 16.3. The van der Waals surface area contributed by atoms with Crippen LogP contribution < -0.4 is 5.32 Å². The summed E-state index contributed by atoms with van der Waals surface area (Å²) in [4.78, 5) is 10.2. The van der Waals surface area contributed by atoms with Crippen molar-refractivity contribution in [3.63, 3.8) is 0 Å². The van der Waals surface area contributed by atoms with E-state index in [-0.39, 0.29) is 10.6 Å². The van der Waals surface area contributed by atoms with Crippen LogP contribution in [0.3, 0.4) is 0 Å². The summed E-state index contributed by atoms with van der Waals surface area (Å²) >= 11 is 0. The monoisotopic (exact) mass is 262 g/mol. The molecule has 1 saturated carbocycles. The maximum absolute atomic E-state index is 10.6. The SMILES string of the molecule is CCC(CC1CC1)NCCc1ccc([N+](=O)[O-])cc1. The van der Waals surface area contributed by atoms with E-state index in [1.54, 1.807) is 12.1 Å². The maximum Gasteiger partial charge on any atom is 0.269 e. The van der Waals surface area contributed by atoms with Crippen molar-refractivity contribution in [2.75, 3.05) is 6.54 Å². The van der Waals surface area contributed by atoms with Crippen LogP contribution in [0.25, 0.3) is 0 Å². The van der Waals surface area contributed by atoms with Gasteiger partial charge in [-0.1, -0.05) is 31.9 Å². The predicted octanol–water partition coefficient (Wildman–Crippen LogP) is 3.31. The molecule has 1 aliphatic carbocycles. The lowest BCUT2D eigenvalue weighted by atomic mass is 10.1. The fraction of sp³-hybridized carbons (Fsp3) is 0.600. The molecule has 1 atom stereocenters. The summed E-state index contributed by atoms with van der Waals surface area (Å²) < 4.78 is 0. The van der Waals surface area contributed by atoms with E-state index in [1.807, 2.05) is 12.1 Å². The van der Waals surface area contributed by atoms with Crippen LogP contribution in [0.2, 0.25) is 0 Å². The predicted molar refractivity (Wildman–Crippen MR) is 76.2 cm³/mol. The first-order valence-corrected chi connectivity index (χ1v) is 7.15. The van der Waals surface area contributed by atoms with Gasteiger partial charge < -0.3 is 5.32 Å². The Balaban J connectivity index is 1.73. The molecule has 0 heterocycles. The first-order chi connectivity index (χ1) is 9.19. The Bertz CT molecular complexity index is 413. The van der Waals surface area contributed by atoms with Crippen LogP contribution in [-0.4, -0.2) is 17.5 Å². The van der Waals surface area contributed by atoms with Crippen LogP contribution in [0.1, 0.15) is 38.2 Å². The van der Waals surface area contributed by atoms with Crippen LogP contribution >= 0.6 is 0 Å². The summed E-state index contributed by atoms with van der Waals surface area (Å²) in [5.74, 6) is 0.955. The van der Waals surface area contributed by atoms with Gasteiger partial charge in [0.2, 0.25) is 0 Å². The highest BCUT2D eigenvalue weighted by Crippen LogP contribution is 2.33. The minimum atomic E-state index is -0.356. The highest BCUT2D eigenvalue weighted by atomic mass is 16.6. The third kappa shape index (κ3) is 4.63. The Morgan fingerprint density at radius 2 is 2.05 bits per heavy atom. The van der Waals surface area contributed by atoms with Crippen LogP contribution in [0.5, 0.6) is 0 Å². The van der Waals surface area contributed by atoms with Crippen LogP contribution in [-0.2, 0) is 6.42 Å². The quantitative estimate of drug-likeness (QED) is 0.577. The van der Waals surface area contributed by atoms with E-state index < -0.39 is 0 Å². The lowest BCUT2D eigenvalue weighted by Crippen LogP contribution is -2.30. The number of nitro benzene ring substituents is 1. The van der Waals surface area contributed by atoms with Gasteiger partial charge in [0.25, 0.3) is 5.69 Å². The van der Waals surface area contributed by atoms with Crippen molar-refractivity contribution >= 4 is 5.69 Å². The molecular weight excluding hydrogens is 240 g/mol. The summed E-state index contributed by atoms with van der Waals surface area (Å²) in [6, 6.07) is 7.49. The molecule has 0 radical (unpaired) electrons. The van der Waals surface area contributed by atoms with E-state index in [0.717, 1.165) is 24.4 Å². The van der Waals surface area contributed by atoms with Crippen molar-refractivity contribution < 1.29 is 4.92 Å². The van der Waals surface area contributed by atoms with E-state index in [1.165, 1.54) is 25.7 Å². The molecule has 4 heteroatoms. The van der Waals surface area contributed by atoms with Gasteiger partial charge in [0.05, 0.1) is 4.92 Å². The molecule has 1 aliphatic rings. The Labute approximate surface area is 114 Å². The standard InChI is InChI=1S/C15H22N2O2/c1-2-14(11-13-3-4-13)16-10-9-12-5-7-15(8-6-12)17(18)19/h5-8,13-14,16H,2-4,9-11H2,1H3. The number of rotatable bonds is 8. The van der Waals surface area contributed by atoms with Crippen molar-refractivity contribution in [3.8, 4) is 0 Å². The Morgan fingerprint density at radius 1 is 1.37 bits per heavy atom. The van der Waals surface area contributed by atoms with E-state index in [9.17, 15) is 10.1 Å². The molecule has 2 rings (SSSR count). The summed E-state index contributed by atoms with van der Waals surface area (Å²) in [7, 11) is 0. The first-order valence-electron chi connectivity index (χ1n) is 7.15. The van der Waals surface area contributed by atoms with Crippen molar-refractivity contribution in [1.82, 2.24) is 5.32 Å². The third-order valence-electron chi connectivity index (χ3n) is 3.80. The van der Waals surface area contributed by atoms with Gasteiger partial charge in [-0.2, -0.15) is 0 Å². The zero-order valence-electron chi connectivity index (χ0n) is 11.5. The first kappa shape index (κ1) is 14.0. The molecule has 0 spiro atoms. The molecule has 1 fully saturated rings. The summed E-state index contributed by atoms with van der Waals surface area (Å²) in [5, 5.41) is 14.1. The highest BCUT2D eigenvalue weighted by molar-refractivity contribution is 5.32. The fourth-order valence-electron chi connectivity index (χ4n) is 2.36. The highest BCUT2D eigenvalue weighted by Gasteiger charge is 2.24. The molecule has 1 N–H and O–H groups in total. The van der Waals surface area contributed by atoms with Crippen LogP contribution in [0.15, 0.2) is 24.3 Å². The molecule has 0 saturated heterocycles. The second-order valence-corrected chi connectivity index (χ2v) is 5.41. The Hall–Kier alpha value is -1.42. The van der Waals surface area contributed by atoms with Gasteiger partial charge in [0, 0.05) is 18.2 Å². The number of hydrogen-bond donors (Lipinski definition) is 1. The van der Waals surface area contributed by atoms with E-state index >= 15 is 0 Å². The van der Waals surface area contributed by atoms with Crippen molar-refractivity contribution in [1.29, 1.82) is 0 Å². The molecule has 0 amide bonds. The number of benzene rings is 1. The smallest absolute Gasteiger partial charge is 0.269 e. The molecule has 1 aromatic carbocycles. The Kier molecular flexibility index (Phi) is 4.91. The van der Waals surface area contributed by atoms with Gasteiger partial charge in [-0.05, 0) is 37.3 Å². The molecule has 0 bridgehead atoms. The Morgan fingerprint density at radius 3 is 2.58 bits per heavy atom.